The van der Waals surface area contributed by atoms with Crippen molar-refractivity contribution in [1.82, 2.24) is 0 Å². The number of rotatable bonds is 4. The Hall–Kier alpha value is -1.70. The topological polar surface area (TPSA) is 35.8 Å². The zero-order chi connectivity index (χ0) is 14.1. The summed E-state index contributed by atoms with van der Waals surface area (Å²) in [5.41, 5.74) is 0.0406. The van der Waals surface area contributed by atoms with Crippen LogP contribution in [0.15, 0.2) is 18.2 Å². The Morgan fingerprint density at radius 2 is 2.05 bits per heavy atom. The zero-order valence-corrected chi connectivity index (χ0v) is 10.6. The number of benzene rings is 1. The first kappa shape index (κ1) is 13.7. The summed E-state index contributed by atoms with van der Waals surface area (Å²) in [6, 6.07) is 6.38. The summed E-state index contributed by atoms with van der Waals surface area (Å²) in [6.45, 7) is 2.01. The third-order valence-corrected chi connectivity index (χ3v) is 3.62. The first-order valence-electron chi connectivity index (χ1n) is 6.15. The molecule has 102 valence electrons. The van der Waals surface area contributed by atoms with Crippen LogP contribution in [0.2, 0.25) is 0 Å². The summed E-state index contributed by atoms with van der Waals surface area (Å²) in [5, 5.41) is 11.7. The van der Waals surface area contributed by atoms with Gasteiger partial charge in [0.25, 0.3) is 0 Å². The highest BCUT2D eigenvalue weighted by atomic mass is 19.4. The molecule has 2 rings (SSSR count). The lowest BCUT2D eigenvalue weighted by atomic mass is 10.0. The van der Waals surface area contributed by atoms with Gasteiger partial charge in [-0.15, -0.1) is 0 Å². The quantitative estimate of drug-likeness (QED) is 0.891. The summed E-state index contributed by atoms with van der Waals surface area (Å²) in [6.07, 6.45) is -1.94. The number of anilines is 1. The molecule has 1 aliphatic carbocycles. The number of aryl methyl sites for hydroxylation is 1. The van der Waals surface area contributed by atoms with E-state index in [4.69, 9.17) is 5.26 Å². The SMILES string of the molecule is Cc1ccc(NCC2(CC#N)CC2)cc1C(F)(F)F. The van der Waals surface area contributed by atoms with Gasteiger partial charge in [0.15, 0.2) is 0 Å². The van der Waals surface area contributed by atoms with Gasteiger partial charge in [0.2, 0.25) is 0 Å². The largest absolute Gasteiger partial charge is 0.416 e. The summed E-state index contributed by atoms with van der Waals surface area (Å²) in [5.74, 6) is 0. The van der Waals surface area contributed by atoms with E-state index in [1.54, 1.807) is 6.07 Å². The molecule has 0 spiro atoms. The fourth-order valence-corrected chi connectivity index (χ4v) is 2.09. The Morgan fingerprint density at radius 3 is 2.58 bits per heavy atom. The normalized spacial score (nSPS) is 16.8. The van der Waals surface area contributed by atoms with Crippen LogP contribution in [0, 0.1) is 23.7 Å². The number of halogens is 3. The number of nitrogens with zero attached hydrogens (tertiary/aromatic N) is 1. The van der Waals surface area contributed by atoms with Gasteiger partial charge < -0.3 is 5.32 Å². The van der Waals surface area contributed by atoms with Crippen molar-refractivity contribution in [3.05, 3.63) is 29.3 Å². The number of alkyl halides is 3. The molecule has 5 heteroatoms. The molecule has 1 saturated carbocycles. The Labute approximate surface area is 110 Å². The van der Waals surface area contributed by atoms with E-state index in [-0.39, 0.29) is 11.0 Å². The molecule has 0 aromatic heterocycles. The van der Waals surface area contributed by atoms with E-state index >= 15 is 0 Å². The van der Waals surface area contributed by atoms with Crippen molar-refractivity contribution in [2.75, 3.05) is 11.9 Å². The van der Waals surface area contributed by atoms with E-state index in [1.807, 2.05) is 0 Å². The lowest BCUT2D eigenvalue weighted by molar-refractivity contribution is -0.138. The van der Waals surface area contributed by atoms with Crippen molar-refractivity contribution in [2.45, 2.75) is 32.4 Å². The number of nitriles is 1. The first-order chi connectivity index (χ1) is 8.86. The molecule has 0 unspecified atom stereocenters. The molecule has 1 aromatic carbocycles. The Morgan fingerprint density at radius 1 is 1.37 bits per heavy atom. The van der Waals surface area contributed by atoms with Gasteiger partial charge >= 0.3 is 6.18 Å². The predicted molar refractivity (Wildman–Crippen MR) is 66.6 cm³/mol. The summed E-state index contributed by atoms with van der Waals surface area (Å²) in [7, 11) is 0. The Bertz CT molecular complexity index is 510. The fourth-order valence-electron chi connectivity index (χ4n) is 2.09. The first-order valence-corrected chi connectivity index (χ1v) is 6.15. The molecule has 1 aromatic rings. The highest BCUT2D eigenvalue weighted by Crippen LogP contribution is 2.48. The van der Waals surface area contributed by atoms with Crippen molar-refractivity contribution in [2.24, 2.45) is 5.41 Å². The standard InChI is InChI=1S/C14H15F3N2/c1-10-2-3-11(8-12(10)14(15,16)17)19-9-13(4-5-13)6-7-18/h2-3,8,19H,4-6,9H2,1H3. The van der Waals surface area contributed by atoms with Crippen LogP contribution in [0.4, 0.5) is 18.9 Å². The molecule has 1 aliphatic rings. The van der Waals surface area contributed by atoms with Gasteiger partial charge in [-0.1, -0.05) is 6.07 Å². The second-order valence-corrected chi connectivity index (χ2v) is 5.22. The van der Waals surface area contributed by atoms with Gasteiger partial charge in [0, 0.05) is 24.1 Å². The molecule has 0 saturated heterocycles. The number of hydrogen-bond donors (Lipinski definition) is 1. The van der Waals surface area contributed by atoms with Crippen LogP contribution in [-0.4, -0.2) is 6.54 Å². The van der Waals surface area contributed by atoms with Crippen LogP contribution in [0.3, 0.4) is 0 Å². The highest BCUT2D eigenvalue weighted by Gasteiger charge is 2.42. The lowest BCUT2D eigenvalue weighted by Crippen LogP contribution is -2.16. The smallest absolute Gasteiger partial charge is 0.384 e. The van der Waals surface area contributed by atoms with Crippen molar-refractivity contribution in [3.63, 3.8) is 0 Å². The molecule has 19 heavy (non-hydrogen) atoms. The van der Waals surface area contributed by atoms with Gasteiger partial charge in [-0.2, -0.15) is 18.4 Å². The van der Waals surface area contributed by atoms with Crippen molar-refractivity contribution in [1.29, 1.82) is 5.26 Å². The molecule has 2 nitrogen and oxygen atoms in total. The third kappa shape index (κ3) is 3.19. The van der Waals surface area contributed by atoms with Crippen molar-refractivity contribution >= 4 is 5.69 Å². The molecular weight excluding hydrogens is 253 g/mol. The van der Waals surface area contributed by atoms with E-state index in [0.29, 0.717) is 18.7 Å². The number of hydrogen-bond acceptors (Lipinski definition) is 2. The van der Waals surface area contributed by atoms with E-state index in [0.717, 1.165) is 18.9 Å². The van der Waals surface area contributed by atoms with Gasteiger partial charge in [-0.05, 0) is 37.5 Å². The molecular formula is C14H15F3N2. The van der Waals surface area contributed by atoms with E-state index in [1.165, 1.54) is 13.0 Å². The predicted octanol–water partition coefficient (Wildman–Crippen LogP) is 4.12. The summed E-state index contributed by atoms with van der Waals surface area (Å²) < 4.78 is 38.3. The van der Waals surface area contributed by atoms with E-state index in [2.05, 4.69) is 11.4 Å². The van der Waals surface area contributed by atoms with Crippen molar-refractivity contribution < 1.29 is 13.2 Å². The van der Waals surface area contributed by atoms with Crippen LogP contribution < -0.4 is 5.32 Å². The monoisotopic (exact) mass is 268 g/mol. The minimum absolute atomic E-state index is 0.0297. The Kier molecular flexibility index (Phi) is 3.44. The van der Waals surface area contributed by atoms with Gasteiger partial charge in [0.05, 0.1) is 11.6 Å². The second-order valence-electron chi connectivity index (χ2n) is 5.22. The van der Waals surface area contributed by atoms with Gasteiger partial charge in [-0.25, -0.2) is 0 Å². The Balaban J connectivity index is 2.08. The molecule has 0 radical (unpaired) electrons. The summed E-state index contributed by atoms with van der Waals surface area (Å²) >= 11 is 0. The molecule has 1 fully saturated rings. The van der Waals surface area contributed by atoms with E-state index in [9.17, 15) is 13.2 Å². The molecule has 0 atom stereocenters. The van der Waals surface area contributed by atoms with Crippen LogP contribution in [-0.2, 0) is 6.18 Å². The number of nitrogens with one attached hydrogen (secondary N) is 1. The van der Waals surface area contributed by atoms with E-state index < -0.39 is 11.7 Å². The molecule has 1 N–H and O–H groups in total. The average Bonchev–Trinajstić information content (AvgIpc) is 3.07. The molecule has 0 heterocycles. The van der Waals surface area contributed by atoms with Crippen LogP contribution >= 0.6 is 0 Å². The minimum Gasteiger partial charge on any atom is -0.384 e. The maximum atomic E-state index is 12.8. The average molecular weight is 268 g/mol. The van der Waals surface area contributed by atoms with Gasteiger partial charge in [0.1, 0.15) is 0 Å². The van der Waals surface area contributed by atoms with Gasteiger partial charge in [-0.3, -0.25) is 0 Å². The minimum atomic E-state index is -4.33. The maximum absolute atomic E-state index is 12.8. The third-order valence-electron chi connectivity index (χ3n) is 3.62. The van der Waals surface area contributed by atoms with Crippen LogP contribution in [0.1, 0.15) is 30.4 Å². The highest BCUT2D eigenvalue weighted by molar-refractivity contribution is 5.49. The maximum Gasteiger partial charge on any atom is 0.416 e. The lowest BCUT2D eigenvalue weighted by Gasteiger charge is -2.16. The fraction of sp³-hybridized carbons (Fsp3) is 0.500. The van der Waals surface area contributed by atoms with Crippen LogP contribution in [0.5, 0.6) is 0 Å². The molecule has 0 bridgehead atoms. The molecule has 0 aliphatic heterocycles. The second kappa shape index (κ2) is 4.76. The zero-order valence-electron chi connectivity index (χ0n) is 10.6. The van der Waals surface area contributed by atoms with Crippen molar-refractivity contribution in [3.8, 4) is 6.07 Å². The summed E-state index contributed by atoms with van der Waals surface area (Å²) in [4.78, 5) is 0. The van der Waals surface area contributed by atoms with Crippen LogP contribution in [0.25, 0.3) is 0 Å². The molecule has 0 amide bonds.